The van der Waals surface area contributed by atoms with Crippen molar-refractivity contribution >= 4 is 5.91 Å². The quantitative estimate of drug-likeness (QED) is 0.838. The summed E-state index contributed by atoms with van der Waals surface area (Å²) < 4.78 is 1.95. The molecule has 1 N–H and O–H groups in total. The summed E-state index contributed by atoms with van der Waals surface area (Å²) in [5.74, 6) is 0.752. The molecule has 2 aromatic rings. The molecule has 0 fully saturated rings. The number of carbonyl (C=O) groups excluding carboxylic acids is 1. The van der Waals surface area contributed by atoms with Crippen molar-refractivity contribution < 1.29 is 4.79 Å². The molecule has 2 heterocycles. The SMILES string of the molecule is CCCn1cnnc1CNC(=O)Cc1ccncc1. The van der Waals surface area contributed by atoms with Crippen molar-refractivity contribution in [3.8, 4) is 0 Å². The lowest BCUT2D eigenvalue weighted by molar-refractivity contribution is -0.120. The molecule has 2 aromatic heterocycles. The van der Waals surface area contributed by atoms with Gasteiger partial charge in [0.15, 0.2) is 5.82 Å². The van der Waals surface area contributed by atoms with Crippen LogP contribution in [0.1, 0.15) is 24.7 Å². The average Bonchev–Trinajstić information content (AvgIpc) is 2.85. The zero-order valence-electron chi connectivity index (χ0n) is 10.9. The Hall–Kier alpha value is -2.24. The van der Waals surface area contributed by atoms with Crippen molar-refractivity contribution in [1.29, 1.82) is 0 Å². The summed E-state index contributed by atoms with van der Waals surface area (Å²) >= 11 is 0. The average molecular weight is 259 g/mol. The van der Waals surface area contributed by atoms with Gasteiger partial charge in [0.25, 0.3) is 0 Å². The van der Waals surface area contributed by atoms with Gasteiger partial charge in [0.05, 0.1) is 13.0 Å². The topological polar surface area (TPSA) is 72.7 Å². The van der Waals surface area contributed by atoms with Crippen molar-refractivity contribution in [3.05, 3.63) is 42.2 Å². The van der Waals surface area contributed by atoms with Gasteiger partial charge in [0.2, 0.25) is 5.91 Å². The lowest BCUT2D eigenvalue weighted by Gasteiger charge is -2.06. The number of rotatable bonds is 6. The molecular weight excluding hydrogens is 242 g/mol. The summed E-state index contributed by atoms with van der Waals surface area (Å²) in [6.45, 7) is 3.36. The van der Waals surface area contributed by atoms with Crippen LogP contribution in [0.15, 0.2) is 30.9 Å². The van der Waals surface area contributed by atoms with E-state index in [4.69, 9.17) is 0 Å². The summed E-state index contributed by atoms with van der Waals surface area (Å²) in [6.07, 6.45) is 6.41. The molecule has 0 saturated heterocycles. The van der Waals surface area contributed by atoms with Crippen molar-refractivity contribution in [1.82, 2.24) is 25.1 Å². The van der Waals surface area contributed by atoms with Crippen LogP contribution >= 0.6 is 0 Å². The van der Waals surface area contributed by atoms with E-state index in [2.05, 4.69) is 27.4 Å². The zero-order chi connectivity index (χ0) is 13.5. The number of hydrogen-bond acceptors (Lipinski definition) is 4. The first-order chi connectivity index (χ1) is 9.29. The van der Waals surface area contributed by atoms with Gasteiger partial charge in [0.1, 0.15) is 6.33 Å². The van der Waals surface area contributed by atoms with Crippen molar-refractivity contribution in [2.75, 3.05) is 0 Å². The maximum absolute atomic E-state index is 11.8. The highest BCUT2D eigenvalue weighted by molar-refractivity contribution is 5.78. The molecule has 6 nitrogen and oxygen atoms in total. The highest BCUT2D eigenvalue weighted by atomic mass is 16.1. The molecular formula is C13H17N5O. The number of carbonyl (C=O) groups is 1. The second-order valence-electron chi connectivity index (χ2n) is 4.25. The van der Waals surface area contributed by atoms with Gasteiger partial charge in [-0.15, -0.1) is 10.2 Å². The first-order valence-electron chi connectivity index (χ1n) is 6.32. The van der Waals surface area contributed by atoms with Crippen molar-refractivity contribution in [2.45, 2.75) is 32.9 Å². The smallest absolute Gasteiger partial charge is 0.224 e. The molecule has 1 amide bonds. The summed E-state index contributed by atoms with van der Waals surface area (Å²) in [4.78, 5) is 15.7. The summed E-state index contributed by atoms with van der Waals surface area (Å²) in [5, 5.41) is 10.7. The third-order valence-electron chi connectivity index (χ3n) is 2.72. The Morgan fingerprint density at radius 2 is 2.16 bits per heavy atom. The molecule has 0 bridgehead atoms. The predicted molar refractivity (Wildman–Crippen MR) is 70.1 cm³/mol. The molecule has 0 unspecified atom stereocenters. The van der Waals surface area contributed by atoms with Gasteiger partial charge >= 0.3 is 0 Å². The van der Waals surface area contributed by atoms with Crippen LogP contribution in [0.2, 0.25) is 0 Å². The van der Waals surface area contributed by atoms with Crippen LogP contribution in [0.3, 0.4) is 0 Å². The Bertz CT molecular complexity index is 523. The minimum absolute atomic E-state index is 0.0303. The highest BCUT2D eigenvalue weighted by Crippen LogP contribution is 1.99. The van der Waals surface area contributed by atoms with Crippen LogP contribution in [0.25, 0.3) is 0 Å². The number of nitrogens with one attached hydrogen (secondary N) is 1. The van der Waals surface area contributed by atoms with Gasteiger partial charge < -0.3 is 9.88 Å². The normalized spacial score (nSPS) is 10.4. The minimum atomic E-state index is -0.0303. The van der Waals surface area contributed by atoms with Gasteiger partial charge in [-0.1, -0.05) is 6.92 Å². The van der Waals surface area contributed by atoms with Gasteiger partial charge in [-0.2, -0.15) is 0 Å². The molecule has 0 atom stereocenters. The molecule has 0 spiro atoms. The Morgan fingerprint density at radius 1 is 1.37 bits per heavy atom. The van der Waals surface area contributed by atoms with E-state index in [1.807, 2.05) is 16.7 Å². The lowest BCUT2D eigenvalue weighted by atomic mass is 10.2. The van der Waals surface area contributed by atoms with Crippen LogP contribution in [0.4, 0.5) is 0 Å². The second kappa shape index (κ2) is 6.63. The van der Waals surface area contributed by atoms with Gasteiger partial charge in [-0.05, 0) is 24.1 Å². The van der Waals surface area contributed by atoms with E-state index in [0.717, 1.165) is 24.4 Å². The highest BCUT2D eigenvalue weighted by Gasteiger charge is 2.07. The molecule has 0 aliphatic rings. The molecule has 6 heteroatoms. The summed E-state index contributed by atoms with van der Waals surface area (Å²) in [5.41, 5.74) is 0.947. The van der Waals surface area contributed by atoms with E-state index in [-0.39, 0.29) is 5.91 Å². The second-order valence-corrected chi connectivity index (χ2v) is 4.25. The standard InChI is InChI=1S/C13H17N5O/c1-2-7-18-10-16-17-12(18)9-15-13(19)8-11-3-5-14-6-4-11/h3-6,10H,2,7-9H2,1H3,(H,15,19). The largest absolute Gasteiger partial charge is 0.349 e. The van der Waals surface area contributed by atoms with Crippen LogP contribution < -0.4 is 5.32 Å². The van der Waals surface area contributed by atoms with E-state index in [0.29, 0.717) is 13.0 Å². The maximum Gasteiger partial charge on any atom is 0.224 e. The van der Waals surface area contributed by atoms with Gasteiger partial charge in [-0.25, -0.2) is 0 Å². The lowest BCUT2D eigenvalue weighted by Crippen LogP contribution is -2.26. The first kappa shape index (κ1) is 13.2. The fourth-order valence-corrected chi connectivity index (χ4v) is 1.77. The molecule has 0 aromatic carbocycles. The maximum atomic E-state index is 11.8. The predicted octanol–water partition coefficient (Wildman–Crippen LogP) is 0.942. The van der Waals surface area contributed by atoms with E-state index < -0.39 is 0 Å². The summed E-state index contributed by atoms with van der Waals surface area (Å²) in [7, 11) is 0. The zero-order valence-corrected chi connectivity index (χ0v) is 10.9. The van der Waals surface area contributed by atoms with E-state index in [1.165, 1.54) is 0 Å². The minimum Gasteiger partial charge on any atom is -0.349 e. The molecule has 0 aliphatic heterocycles. The Kier molecular flexibility index (Phi) is 4.60. The van der Waals surface area contributed by atoms with Gasteiger partial charge in [-0.3, -0.25) is 9.78 Å². The fourth-order valence-electron chi connectivity index (χ4n) is 1.77. The van der Waals surface area contributed by atoms with E-state index in [9.17, 15) is 4.79 Å². The van der Waals surface area contributed by atoms with Crippen molar-refractivity contribution in [2.24, 2.45) is 0 Å². The summed E-state index contributed by atoms with van der Waals surface area (Å²) in [6, 6.07) is 3.67. The third-order valence-corrected chi connectivity index (χ3v) is 2.72. The first-order valence-corrected chi connectivity index (χ1v) is 6.32. The van der Waals surface area contributed by atoms with Crippen LogP contribution in [-0.2, 0) is 24.3 Å². The van der Waals surface area contributed by atoms with E-state index in [1.54, 1.807) is 18.7 Å². The molecule has 19 heavy (non-hydrogen) atoms. The molecule has 0 saturated carbocycles. The van der Waals surface area contributed by atoms with Crippen LogP contribution in [0.5, 0.6) is 0 Å². The van der Waals surface area contributed by atoms with E-state index >= 15 is 0 Å². The third kappa shape index (κ3) is 3.87. The Labute approximate surface area is 111 Å². The molecule has 0 radical (unpaired) electrons. The van der Waals surface area contributed by atoms with Crippen LogP contribution in [0, 0.1) is 0 Å². The molecule has 0 aliphatic carbocycles. The van der Waals surface area contributed by atoms with Crippen molar-refractivity contribution in [3.63, 3.8) is 0 Å². The number of hydrogen-bond donors (Lipinski definition) is 1. The number of aromatic nitrogens is 4. The Balaban J connectivity index is 1.85. The number of pyridine rings is 1. The number of nitrogens with zero attached hydrogens (tertiary/aromatic N) is 4. The van der Waals surface area contributed by atoms with Gasteiger partial charge in [0, 0.05) is 18.9 Å². The Morgan fingerprint density at radius 3 is 2.89 bits per heavy atom. The fraction of sp³-hybridized carbons (Fsp3) is 0.385. The molecule has 2 rings (SSSR count). The monoisotopic (exact) mass is 259 g/mol. The van der Waals surface area contributed by atoms with Crippen LogP contribution in [-0.4, -0.2) is 25.7 Å². The number of amides is 1. The number of aryl methyl sites for hydroxylation is 1. The molecule has 100 valence electrons.